The van der Waals surface area contributed by atoms with Crippen LogP contribution in [0.25, 0.3) is 0 Å². The summed E-state index contributed by atoms with van der Waals surface area (Å²) >= 11 is 0. The molecule has 0 unspecified atom stereocenters. The van der Waals surface area contributed by atoms with Gasteiger partial charge in [-0.05, 0) is 19.3 Å². The first-order chi connectivity index (χ1) is 5.61. The molecule has 0 heterocycles. The number of hydrogen-bond acceptors (Lipinski definition) is 3. The van der Waals surface area contributed by atoms with E-state index in [1.807, 2.05) is 0 Å². The fourth-order valence-corrected chi connectivity index (χ4v) is 1.63. The average Bonchev–Trinajstić information content (AvgIpc) is 2.48. The normalized spacial score (nSPS) is 32.4. The van der Waals surface area contributed by atoms with E-state index in [-0.39, 0.29) is 37.3 Å². The van der Waals surface area contributed by atoms with Crippen molar-refractivity contribution in [1.29, 1.82) is 0 Å². The van der Waals surface area contributed by atoms with Crippen LogP contribution < -0.4 is 5.73 Å². The largest absolute Gasteiger partial charge is 0.469 e. The molecule has 0 spiro atoms. The summed E-state index contributed by atoms with van der Waals surface area (Å²) < 4.78 is 18.0. The van der Waals surface area contributed by atoms with Gasteiger partial charge in [0.25, 0.3) is 0 Å². The van der Waals surface area contributed by atoms with Gasteiger partial charge in [0.05, 0.1) is 13.0 Å². The Bertz CT molecular complexity index is 191. The van der Waals surface area contributed by atoms with Crippen molar-refractivity contribution < 1.29 is 13.9 Å². The number of nitrogens with two attached hydrogens (primary N) is 1. The molecule has 0 radical (unpaired) electrons. The van der Waals surface area contributed by atoms with Gasteiger partial charge < -0.3 is 10.5 Å². The number of methoxy groups -OCH3 is 1. The topological polar surface area (TPSA) is 52.3 Å². The number of halogens is 2. The van der Waals surface area contributed by atoms with Crippen LogP contribution in [0, 0.1) is 5.92 Å². The number of ether oxygens (including phenoxy) is 1. The Kier molecular flexibility index (Phi) is 4.64. The summed E-state index contributed by atoms with van der Waals surface area (Å²) in [5.41, 5.74) is 3.91. The van der Waals surface area contributed by atoms with Crippen LogP contribution in [0.2, 0.25) is 0 Å². The van der Waals surface area contributed by atoms with E-state index in [1.54, 1.807) is 0 Å². The third kappa shape index (κ3) is 2.81. The molecular formula is C8H15ClFNO2. The molecule has 1 rings (SSSR count). The fraction of sp³-hybridized carbons (Fsp3) is 0.875. The van der Waals surface area contributed by atoms with Crippen molar-refractivity contribution in [1.82, 2.24) is 0 Å². The van der Waals surface area contributed by atoms with Gasteiger partial charge in [0.1, 0.15) is 5.67 Å². The highest BCUT2D eigenvalue weighted by Crippen LogP contribution is 2.37. The average molecular weight is 212 g/mol. The van der Waals surface area contributed by atoms with Crippen molar-refractivity contribution in [2.24, 2.45) is 11.7 Å². The molecule has 1 aliphatic carbocycles. The molecule has 1 aliphatic rings. The van der Waals surface area contributed by atoms with Crippen molar-refractivity contribution in [2.75, 3.05) is 13.7 Å². The van der Waals surface area contributed by atoms with E-state index in [9.17, 15) is 9.18 Å². The molecular weight excluding hydrogens is 197 g/mol. The van der Waals surface area contributed by atoms with E-state index < -0.39 is 5.67 Å². The summed E-state index contributed by atoms with van der Waals surface area (Å²) in [6, 6.07) is 0. The predicted octanol–water partition coefficient (Wildman–Crippen LogP) is 1.05. The lowest BCUT2D eigenvalue weighted by Crippen LogP contribution is -2.30. The Morgan fingerprint density at radius 1 is 1.77 bits per heavy atom. The first kappa shape index (κ1) is 12.7. The number of hydrogen-bond donors (Lipinski definition) is 1. The minimum atomic E-state index is -1.33. The first-order valence-electron chi connectivity index (χ1n) is 4.08. The lowest BCUT2D eigenvalue weighted by atomic mass is 10.0. The maximum atomic E-state index is 13.5. The lowest BCUT2D eigenvalue weighted by Gasteiger charge is -2.15. The van der Waals surface area contributed by atoms with Crippen LogP contribution in [-0.2, 0) is 9.53 Å². The van der Waals surface area contributed by atoms with Crippen LogP contribution in [0.4, 0.5) is 4.39 Å². The maximum absolute atomic E-state index is 13.5. The molecule has 0 bridgehead atoms. The molecule has 2 N–H and O–H groups in total. The molecule has 0 saturated heterocycles. The fourth-order valence-electron chi connectivity index (χ4n) is 1.63. The second-order valence-corrected chi connectivity index (χ2v) is 3.32. The van der Waals surface area contributed by atoms with Crippen molar-refractivity contribution in [3.63, 3.8) is 0 Å². The van der Waals surface area contributed by atoms with Crippen LogP contribution in [0.5, 0.6) is 0 Å². The minimum absolute atomic E-state index is 0. The molecule has 0 aliphatic heterocycles. The van der Waals surface area contributed by atoms with Crippen molar-refractivity contribution >= 4 is 18.4 Å². The Hall–Kier alpha value is -0.350. The first-order valence-corrected chi connectivity index (χ1v) is 4.08. The number of esters is 1. The van der Waals surface area contributed by atoms with Crippen LogP contribution >= 0.6 is 12.4 Å². The molecule has 3 nitrogen and oxygen atoms in total. The van der Waals surface area contributed by atoms with Crippen molar-refractivity contribution in [3.8, 4) is 0 Å². The Morgan fingerprint density at radius 2 is 2.38 bits per heavy atom. The van der Waals surface area contributed by atoms with Gasteiger partial charge in [-0.3, -0.25) is 4.79 Å². The van der Waals surface area contributed by atoms with Gasteiger partial charge in [-0.1, -0.05) is 0 Å². The van der Waals surface area contributed by atoms with Crippen LogP contribution in [0.1, 0.15) is 19.3 Å². The minimum Gasteiger partial charge on any atom is -0.469 e. The molecule has 0 aromatic rings. The van der Waals surface area contributed by atoms with E-state index in [0.717, 1.165) is 0 Å². The third-order valence-electron chi connectivity index (χ3n) is 2.45. The summed E-state index contributed by atoms with van der Waals surface area (Å²) in [4.78, 5) is 11.0. The van der Waals surface area contributed by atoms with Gasteiger partial charge in [-0.25, -0.2) is 4.39 Å². The zero-order chi connectivity index (χ0) is 9.19. The van der Waals surface area contributed by atoms with Gasteiger partial charge in [0.15, 0.2) is 0 Å². The SMILES string of the molecule is COC(=O)[C@@H]1CC[C@](F)(CN)C1.Cl. The zero-order valence-corrected chi connectivity index (χ0v) is 8.40. The van der Waals surface area contributed by atoms with E-state index >= 15 is 0 Å². The maximum Gasteiger partial charge on any atom is 0.308 e. The van der Waals surface area contributed by atoms with Gasteiger partial charge in [-0.15, -0.1) is 12.4 Å². The summed E-state index contributed by atoms with van der Waals surface area (Å²) in [6.45, 7) is 0.000490. The second-order valence-electron chi connectivity index (χ2n) is 3.32. The molecule has 1 fully saturated rings. The van der Waals surface area contributed by atoms with Crippen LogP contribution in [0.3, 0.4) is 0 Å². The van der Waals surface area contributed by atoms with Gasteiger partial charge in [-0.2, -0.15) is 0 Å². The second kappa shape index (κ2) is 4.77. The number of carbonyl (C=O) groups excluding carboxylic acids is 1. The zero-order valence-electron chi connectivity index (χ0n) is 7.59. The molecule has 0 aromatic carbocycles. The molecule has 1 saturated carbocycles. The number of carbonyl (C=O) groups is 1. The molecule has 0 aromatic heterocycles. The highest BCUT2D eigenvalue weighted by atomic mass is 35.5. The third-order valence-corrected chi connectivity index (χ3v) is 2.45. The number of rotatable bonds is 2. The molecule has 5 heteroatoms. The predicted molar refractivity (Wildman–Crippen MR) is 49.5 cm³/mol. The summed E-state index contributed by atoms with van der Waals surface area (Å²) in [5, 5.41) is 0. The van der Waals surface area contributed by atoms with Gasteiger partial charge >= 0.3 is 5.97 Å². The molecule has 13 heavy (non-hydrogen) atoms. The summed E-state index contributed by atoms with van der Waals surface area (Å²) in [5.74, 6) is -0.605. The van der Waals surface area contributed by atoms with E-state index in [2.05, 4.69) is 4.74 Å². The van der Waals surface area contributed by atoms with Crippen molar-refractivity contribution in [3.05, 3.63) is 0 Å². The monoisotopic (exact) mass is 211 g/mol. The Labute approximate surface area is 83.2 Å². The number of alkyl halides is 1. The summed E-state index contributed by atoms with van der Waals surface area (Å²) in [7, 11) is 1.32. The Balaban J connectivity index is 0.00000144. The quantitative estimate of drug-likeness (QED) is 0.695. The highest BCUT2D eigenvalue weighted by Gasteiger charge is 2.41. The summed E-state index contributed by atoms with van der Waals surface area (Å²) in [6.07, 6.45) is 1.15. The molecule has 78 valence electrons. The standard InChI is InChI=1S/C8H14FNO2.ClH/c1-12-7(11)6-2-3-8(9,4-6)5-10;/h6H,2-5,10H2,1H3;1H/t6-,8-;/m1./s1. The van der Waals surface area contributed by atoms with E-state index in [0.29, 0.717) is 12.8 Å². The molecule has 0 amide bonds. The van der Waals surface area contributed by atoms with Crippen LogP contribution in [-0.4, -0.2) is 25.3 Å². The Morgan fingerprint density at radius 3 is 2.77 bits per heavy atom. The lowest BCUT2D eigenvalue weighted by molar-refractivity contribution is -0.145. The smallest absolute Gasteiger partial charge is 0.308 e. The van der Waals surface area contributed by atoms with E-state index in [4.69, 9.17) is 5.73 Å². The van der Waals surface area contributed by atoms with E-state index in [1.165, 1.54) is 7.11 Å². The van der Waals surface area contributed by atoms with Crippen LogP contribution in [0.15, 0.2) is 0 Å². The van der Waals surface area contributed by atoms with Gasteiger partial charge in [0.2, 0.25) is 0 Å². The van der Waals surface area contributed by atoms with Crippen molar-refractivity contribution in [2.45, 2.75) is 24.9 Å². The highest BCUT2D eigenvalue weighted by molar-refractivity contribution is 5.85. The molecule has 2 atom stereocenters. The van der Waals surface area contributed by atoms with Gasteiger partial charge in [0, 0.05) is 6.54 Å².